The third-order valence-electron chi connectivity index (χ3n) is 3.43. The predicted molar refractivity (Wildman–Crippen MR) is 67.7 cm³/mol. The standard InChI is InChI=1S/C14H17NO4/c16-14(19-10-11-4-2-1-3-5-11)15-8-12-13(9-15)18-7-6-17-12/h1-5,12-13H,6-10H2/t12-,13-/m0/s1. The highest BCUT2D eigenvalue weighted by Gasteiger charge is 2.39. The van der Waals surface area contributed by atoms with Gasteiger partial charge in [0.2, 0.25) is 0 Å². The van der Waals surface area contributed by atoms with E-state index in [1.807, 2.05) is 30.3 Å². The molecule has 2 aliphatic rings. The van der Waals surface area contributed by atoms with Gasteiger partial charge in [-0.2, -0.15) is 0 Å². The number of hydrogen-bond acceptors (Lipinski definition) is 4. The second-order valence-electron chi connectivity index (χ2n) is 4.76. The van der Waals surface area contributed by atoms with Crippen LogP contribution in [0.1, 0.15) is 5.56 Å². The zero-order chi connectivity index (χ0) is 13.1. The van der Waals surface area contributed by atoms with E-state index in [1.54, 1.807) is 4.90 Å². The summed E-state index contributed by atoms with van der Waals surface area (Å²) in [6.45, 7) is 2.62. The lowest BCUT2D eigenvalue weighted by Gasteiger charge is -2.24. The molecule has 0 saturated carbocycles. The highest BCUT2D eigenvalue weighted by molar-refractivity contribution is 5.68. The number of carbonyl (C=O) groups is 1. The summed E-state index contributed by atoms with van der Waals surface area (Å²) in [6, 6.07) is 9.65. The molecule has 2 saturated heterocycles. The molecule has 1 aromatic carbocycles. The van der Waals surface area contributed by atoms with Gasteiger partial charge < -0.3 is 19.1 Å². The number of rotatable bonds is 2. The first-order valence-electron chi connectivity index (χ1n) is 6.52. The maximum Gasteiger partial charge on any atom is 0.410 e. The number of carbonyl (C=O) groups excluding carboxylic acids is 1. The third kappa shape index (κ3) is 2.88. The van der Waals surface area contributed by atoms with Crippen LogP contribution >= 0.6 is 0 Å². The smallest absolute Gasteiger partial charge is 0.410 e. The number of amides is 1. The van der Waals surface area contributed by atoms with Crippen LogP contribution in [0.15, 0.2) is 30.3 Å². The molecule has 5 nitrogen and oxygen atoms in total. The number of fused-ring (bicyclic) bond motifs is 1. The molecular formula is C14H17NO4. The van der Waals surface area contributed by atoms with Crippen LogP contribution in [0.3, 0.4) is 0 Å². The molecule has 0 radical (unpaired) electrons. The molecule has 1 aromatic rings. The lowest BCUT2D eigenvalue weighted by atomic mass is 10.2. The zero-order valence-electron chi connectivity index (χ0n) is 10.7. The monoisotopic (exact) mass is 263 g/mol. The van der Waals surface area contributed by atoms with E-state index in [0.717, 1.165) is 5.56 Å². The summed E-state index contributed by atoms with van der Waals surface area (Å²) >= 11 is 0. The minimum atomic E-state index is -0.301. The number of benzene rings is 1. The van der Waals surface area contributed by atoms with Crippen molar-refractivity contribution in [3.63, 3.8) is 0 Å². The van der Waals surface area contributed by atoms with Crippen LogP contribution in [0, 0.1) is 0 Å². The second-order valence-corrected chi connectivity index (χ2v) is 4.76. The molecule has 2 heterocycles. The van der Waals surface area contributed by atoms with Crippen molar-refractivity contribution in [2.24, 2.45) is 0 Å². The third-order valence-corrected chi connectivity index (χ3v) is 3.43. The summed E-state index contributed by atoms with van der Waals surface area (Å²) in [5, 5.41) is 0. The van der Waals surface area contributed by atoms with Crippen molar-refractivity contribution >= 4 is 6.09 Å². The van der Waals surface area contributed by atoms with Crippen molar-refractivity contribution in [3.05, 3.63) is 35.9 Å². The first kappa shape index (κ1) is 12.4. The number of ether oxygens (including phenoxy) is 3. The summed E-state index contributed by atoms with van der Waals surface area (Å²) in [4.78, 5) is 13.6. The Bertz CT molecular complexity index is 422. The SMILES string of the molecule is O=C(OCc1ccccc1)N1C[C@@H]2OCCO[C@H]2C1. The van der Waals surface area contributed by atoms with E-state index in [9.17, 15) is 4.79 Å². The Morgan fingerprint density at radius 1 is 1.16 bits per heavy atom. The summed E-state index contributed by atoms with van der Waals surface area (Å²) in [5.41, 5.74) is 0.986. The van der Waals surface area contributed by atoms with E-state index in [2.05, 4.69) is 0 Å². The van der Waals surface area contributed by atoms with E-state index in [1.165, 1.54) is 0 Å². The lowest BCUT2D eigenvalue weighted by Crippen LogP contribution is -2.36. The summed E-state index contributed by atoms with van der Waals surface area (Å²) in [5.74, 6) is 0. The Labute approximate surface area is 112 Å². The van der Waals surface area contributed by atoms with Crippen LogP contribution in [-0.4, -0.2) is 49.5 Å². The quantitative estimate of drug-likeness (QED) is 0.809. The normalized spacial score (nSPS) is 26.0. The summed E-state index contributed by atoms with van der Waals surface area (Å²) < 4.78 is 16.4. The van der Waals surface area contributed by atoms with Crippen molar-refractivity contribution in [1.82, 2.24) is 4.90 Å². The highest BCUT2D eigenvalue weighted by Crippen LogP contribution is 2.20. The molecular weight excluding hydrogens is 246 g/mol. The van der Waals surface area contributed by atoms with Gasteiger partial charge in [-0.1, -0.05) is 30.3 Å². The fraction of sp³-hybridized carbons (Fsp3) is 0.500. The maximum absolute atomic E-state index is 12.0. The van der Waals surface area contributed by atoms with Gasteiger partial charge in [0, 0.05) is 0 Å². The van der Waals surface area contributed by atoms with E-state index < -0.39 is 0 Å². The molecule has 0 unspecified atom stereocenters. The van der Waals surface area contributed by atoms with Crippen molar-refractivity contribution in [2.75, 3.05) is 26.3 Å². The largest absolute Gasteiger partial charge is 0.445 e. The van der Waals surface area contributed by atoms with Crippen molar-refractivity contribution in [1.29, 1.82) is 0 Å². The first-order chi connectivity index (χ1) is 9.33. The zero-order valence-corrected chi connectivity index (χ0v) is 10.7. The number of likely N-dealkylation sites (tertiary alicyclic amines) is 1. The fourth-order valence-corrected chi connectivity index (χ4v) is 2.42. The molecule has 19 heavy (non-hydrogen) atoms. The van der Waals surface area contributed by atoms with Gasteiger partial charge in [0.15, 0.2) is 0 Å². The van der Waals surface area contributed by atoms with Crippen molar-refractivity contribution in [2.45, 2.75) is 18.8 Å². The molecule has 0 spiro atoms. The molecule has 5 heteroatoms. The van der Waals surface area contributed by atoms with Crippen LogP contribution in [0.4, 0.5) is 4.79 Å². The number of nitrogens with zero attached hydrogens (tertiary/aromatic N) is 1. The van der Waals surface area contributed by atoms with Crippen LogP contribution < -0.4 is 0 Å². The van der Waals surface area contributed by atoms with Crippen LogP contribution in [-0.2, 0) is 20.8 Å². The minimum Gasteiger partial charge on any atom is -0.445 e. The van der Waals surface area contributed by atoms with Gasteiger partial charge in [-0.25, -0.2) is 4.79 Å². The average Bonchev–Trinajstić information content (AvgIpc) is 2.90. The molecule has 0 bridgehead atoms. The molecule has 2 atom stereocenters. The second kappa shape index (κ2) is 5.59. The molecule has 2 aliphatic heterocycles. The van der Waals surface area contributed by atoms with Crippen LogP contribution in [0.25, 0.3) is 0 Å². The Kier molecular flexibility index (Phi) is 3.66. The Balaban J connectivity index is 1.51. The van der Waals surface area contributed by atoms with Gasteiger partial charge >= 0.3 is 6.09 Å². The van der Waals surface area contributed by atoms with Gasteiger partial charge in [-0.05, 0) is 5.56 Å². The maximum atomic E-state index is 12.0. The molecule has 2 fully saturated rings. The minimum absolute atomic E-state index is 0.00183. The van der Waals surface area contributed by atoms with Crippen LogP contribution in [0.5, 0.6) is 0 Å². The van der Waals surface area contributed by atoms with Gasteiger partial charge in [-0.15, -0.1) is 0 Å². The molecule has 0 aromatic heterocycles. The van der Waals surface area contributed by atoms with Crippen molar-refractivity contribution < 1.29 is 19.0 Å². The Morgan fingerprint density at radius 3 is 2.42 bits per heavy atom. The van der Waals surface area contributed by atoms with Gasteiger partial charge in [0.05, 0.1) is 26.3 Å². The Morgan fingerprint density at radius 2 is 1.79 bits per heavy atom. The van der Waals surface area contributed by atoms with Crippen molar-refractivity contribution in [3.8, 4) is 0 Å². The Hall–Kier alpha value is -1.59. The molecule has 0 N–H and O–H groups in total. The molecule has 102 valence electrons. The topological polar surface area (TPSA) is 48.0 Å². The first-order valence-corrected chi connectivity index (χ1v) is 6.52. The fourth-order valence-electron chi connectivity index (χ4n) is 2.42. The van der Waals surface area contributed by atoms with E-state index in [-0.39, 0.29) is 18.3 Å². The predicted octanol–water partition coefficient (Wildman–Crippen LogP) is 1.42. The van der Waals surface area contributed by atoms with Gasteiger partial charge in [-0.3, -0.25) is 0 Å². The highest BCUT2D eigenvalue weighted by atomic mass is 16.6. The summed E-state index contributed by atoms with van der Waals surface area (Å²) in [7, 11) is 0. The van der Waals surface area contributed by atoms with Gasteiger partial charge in [0.1, 0.15) is 18.8 Å². The van der Waals surface area contributed by atoms with E-state index in [4.69, 9.17) is 14.2 Å². The summed E-state index contributed by atoms with van der Waals surface area (Å²) in [6.07, 6.45) is -0.304. The van der Waals surface area contributed by atoms with Crippen LogP contribution in [0.2, 0.25) is 0 Å². The lowest BCUT2D eigenvalue weighted by molar-refractivity contribution is -0.116. The molecule has 0 aliphatic carbocycles. The average molecular weight is 263 g/mol. The van der Waals surface area contributed by atoms with E-state index >= 15 is 0 Å². The molecule has 1 amide bonds. The molecule has 3 rings (SSSR count). The number of hydrogen-bond donors (Lipinski definition) is 0. The van der Waals surface area contributed by atoms with Gasteiger partial charge in [0.25, 0.3) is 0 Å². The van der Waals surface area contributed by atoms with E-state index in [0.29, 0.717) is 32.9 Å².